The van der Waals surface area contributed by atoms with Crippen molar-refractivity contribution in [1.82, 2.24) is 4.98 Å². The van der Waals surface area contributed by atoms with Gasteiger partial charge < -0.3 is 11.1 Å². The average Bonchev–Trinajstić information content (AvgIpc) is 2.18. The molecule has 0 saturated carbocycles. The highest BCUT2D eigenvalue weighted by Gasteiger charge is 2.11. The lowest BCUT2D eigenvalue weighted by Crippen LogP contribution is -2.35. The van der Waals surface area contributed by atoms with Crippen LogP contribution in [0.3, 0.4) is 0 Å². The summed E-state index contributed by atoms with van der Waals surface area (Å²) in [5.74, 6) is 0.0941. The first-order chi connectivity index (χ1) is 7.13. The number of hydrogen-bond donors (Lipinski definition) is 2. The molecular weight excluding hydrogens is 214 g/mol. The molecule has 1 aromatic rings. The number of rotatable bonds is 4. The van der Waals surface area contributed by atoms with Crippen LogP contribution in [0.1, 0.15) is 6.42 Å². The predicted molar refractivity (Wildman–Crippen MR) is 60.7 cm³/mol. The third-order valence-electron chi connectivity index (χ3n) is 1.72. The zero-order valence-electron chi connectivity index (χ0n) is 8.11. The molecule has 1 atom stereocenters. The Kier molecular flexibility index (Phi) is 4.27. The number of aromatic nitrogens is 1. The van der Waals surface area contributed by atoms with Crippen molar-refractivity contribution in [3.8, 4) is 0 Å². The molecule has 1 unspecified atom stereocenters. The van der Waals surface area contributed by atoms with Crippen LogP contribution in [0.5, 0.6) is 0 Å². The van der Waals surface area contributed by atoms with Crippen LogP contribution in [-0.4, -0.2) is 16.9 Å². The fraction of sp³-hybridized carbons (Fsp3) is 0.200. The lowest BCUT2D eigenvalue weighted by Gasteiger charge is -2.09. The Bertz CT molecular complexity index is 367. The van der Waals surface area contributed by atoms with Crippen LogP contribution in [0, 0.1) is 0 Å². The van der Waals surface area contributed by atoms with Gasteiger partial charge in [0, 0.05) is 0 Å². The van der Waals surface area contributed by atoms with Crippen LogP contribution in [0.25, 0.3) is 0 Å². The quantitative estimate of drug-likeness (QED) is 0.604. The van der Waals surface area contributed by atoms with E-state index in [-0.39, 0.29) is 5.91 Å². The van der Waals surface area contributed by atoms with Gasteiger partial charge in [0.05, 0.1) is 6.04 Å². The number of amides is 1. The van der Waals surface area contributed by atoms with Crippen LogP contribution in [0.4, 0.5) is 5.82 Å². The maximum Gasteiger partial charge on any atom is 0.242 e. The van der Waals surface area contributed by atoms with Crippen molar-refractivity contribution in [2.24, 2.45) is 5.73 Å². The summed E-state index contributed by atoms with van der Waals surface area (Å²) in [4.78, 5) is 15.4. The summed E-state index contributed by atoms with van der Waals surface area (Å²) >= 11 is 5.66. The van der Waals surface area contributed by atoms with Gasteiger partial charge in [-0.1, -0.05) is 23.7 Å². The molecule has 4 nitrogen and oxygen atoms in total. The van der Waals surface area contributed by atoms with E-state index in [9.17, 15) is 4.79 Å². The van der Waals surface area contributed by atoms with Gasteiger partial charge >= 0.3 is 0 Å². The van der Waals surface area contributed by atoms with Gasteiger partial charge in [-0.25, -0.2) is 4.98 Å². The summed E-state index contributed by atoms with van der Waals surface area (Å²) in [5.41, 5.74) is 5.57. The first-order valence-electron chi connectivity index (χ1n) is 4.43. The molecule has 0 aromatic carbocycles. The lowest BCUT2D eigenvalue weighted by molar-refractivity contribution is -0.117. The Morgan fingerprint density at radius 1 is 1.73 bits per heavy atom. The standard InChI is InChI=1S/C10H12ClN3O/c1-2-4-7(12)10(15)14-9-6-3-5-8(11)13-9/h2-3,5-7H,1,4,12H2,(H,13,14,15). The van der Waals surface area contributed by atoms with Crippen molar-refractivity contribution >= 4 is 23.3 Å². The normalized spacial score (nSPS) is 11.9. The first-order valence-corrected chi connectivity index (χ1v) is 4.81. The van der Waals surface area contributed by atoms with E-state index >= 15 is 0 Å². The predicted octanol–water partition coefficient (Wildman–Crippen LogP) is 1.58. The summed E-state index contributed by atoms with van der Waals surface area (Å²) in [5, 5.41) is 2.88. The molecule has 80 valence electrons. The topological polar surface area (TPSA) is 68.0 Å². The maximum absolute atomic E-state index is 11.4. The van der Waals surface area contributed by atoms with Gasteiger partial charge in [0.15, 0.2) is 0 Å². The second kappa shape index (κ2) is 5.48. The molecule has 0 radical (unpaired) electrons. The van der Waals surface area contributed by atoms with E-state index in [1.54, 1.807) is 24.3 Å². The van der Waals surface area contributed by atoms with E-state index in [2.05, 4.69) is 16.9 Å². The van der Waals surface area contributed by atoms with Gasteiger partial charge in [-0.3, -0.25) is 4.79 Å². The summed E-state index contributed by atoms with van der Waals surface area (Å²) < 4.78 is 0. The van der Waals surface area contributed by atoms with E-state index in [4.69, 9.17) is 17.3 Å². The molecule has 3 N–H and O–H groups in total. The zero-order chi connectivity index (χ0) is 11.3. The van der Waals surface area contributed by atoms with E-state index in [1.807, 2.05) is 0 Å². The SMILES string of the molecule is C=CCC(N)C(=O)Nc1cccc(Cl)n1. The van der Waals surface area contributed by atoms with Crippen LogP contribution in [0.15, 0.2) is 30.9 Å². The van der Waals surface area contributed by atoms with Gasteiger partial charge in [0.25, 0.3) is 0 Å². The van der Waals surface area contributed by atoms with Crippen LogP contribution >= 0.6 is 11.6 Å². The minimum atomic E-state index is -0.608. The Balaban J connectivity index is 2.62. The van der Waals surface area contributed by atoms with Crippen molar-refractivity contribution in [3.05, 3.63) is 36.0 Å². The Hall–Kier alpha value is -1.39. The molecule has 0 bridgehead atoms. The minimum Gasteiger partial charge on any atom is -0.320 e. The zero-order valence-corrected chi connectivity index (χ0v) is 8.87. The fourth-order valence-corrected chi connectivity index (χ4v) is 1.15. The maximum atomic E-state index is 11.4. The monoisotopic (exact) mass is 225 g/mol. The number of nitrogens with zero attached hydrogens (tertiary/aromatic N) is 1. The summed E-state index contributed by atoms with van der Waals surface area (Å²) in [6.45, 7) is 3.51. The second-order valence-electron chi connectivity index (χ2n) is 2.97. The smallest absolute Gasteiger partial charge is 0.242 e. The van der Waals surface area contributed by atoms with Crippen molar-refractivity contribution in [2.45, 2.75) is 12.5 Å². The third kappa shape index (κ3) is 3.69. The molecule has 5 heteroatoms. The number of anilines is 1. The number of carbonyl (C=O) groups excluding carboxylic acids is 1. The summed E-state index contributed by atoms with van der Waals surface area (Å²) in [6.07, 6.45) is 2.02. The van der Waals surface area contributed by atoms with Gasteiger partial charge in [-0.05, 0) is 18.6 Å². The number of nitrogens with two attached hydrogens (primary N) is 1. The van der Waals surface area contributed by atoms with Gasteiger partial charge in [0.2, 0.25) is 5.91 Å². The molecule has 0 aliphatic carbocycles. The summed E-state index contributed by atoms with van der Waals surface area (Å²) in [6, 6.07) is 4.36. The van der Waals surface area contributed by atoms with Gasteiger partial charge in [0.1, 0.15) is 11.0 Å². The lowest BCUT2D eigenvalue weighted by atomic mass is 10.2. The molecule has 0 saturated heterocycles. The second-order valence-corrected chi connectivity index (χ2v) is 3.35. The number of pyridine rings is 1. The van der Waals surface area contributed by atoms with Gasteiger partial charge in [-0.2, -0.15) is 0 Å². The molecule has 0 aliphatic rings. The highest BCUT2D eigenvalue weighted by atomic mass is 35.5. The van der Waals surface area contributed by atoms with Crippen LogP contribution in [0.2, 0.25) is 5.15 Å². The van der Waals surface area contributed by atoms with Gasteiger partial charge in [-0.15, -0.1) is 6.58 Å². The molecule has 15 heavy (non-hydrogen) atoms. The van der Waals surface area contributed by atoms with E-state index in [1.165, 1.54) is 0 Å². The van der Waals surface area contributed by atoms with Crippen LogP contribution in [-0.2, 0) is 4.79 Å². The van der Waals surface area contributed by atoms with Crippen LogP contribution < -0.4 is 11.1 Å². The molecule has 1 aromatic heterocycles. The molecule has 0 spiro atoms. The Morgan fingerprint density at radius 3 is 3.07 bits per heavy atom. The number of halogens is 1. The highest BCUT2D eigenvalue weighted by molar-refractivity contribution is 6.29. The largest absolute Gasteiger partial charge is 0.320 e. The Morgan fingerprint density at radius 2 is 2.47 bits per heavy atom. The minimum absolute atomic E-state index is 0.301. The van der Waals surface area contributed by atoms with E-state index in [0.29, 0.717) is 17.4 Å². The molecular formula is C10H12ClN3O. The fourth-order valence-electron chi connectivity index (χ4n) is 0.983. The van der Waals surface area contributed by atoms with Crippen molar-refractivity contribution in [1.29, 1.82) is 0 Å². The first kappa shape index (κ1) is 11.7. The van der Waals surface area contributed by atoms with Crippen molar-refractivity contribution < 1.29 is 4.79 Å². The number of nitrogens with one attached hydrogen (secondary N) is 1. The van der Waals surface area contributed by atoms with Crippen molar-refractivity contribution in [3.63, 3.8) is 0 Å². The Labute approximate surface area is 93.1 Å². The molecule has 1 amide bonds. The highest BCUT2D eigenvalue weighted by Crippen LogP contribution is 2.09. The molecule has 0 fully saturated rings. The molecule has 1 heterocycles. The summed E-state index contributed by atoms with van der Waals surface area (Å²) in [7, 11) is 0. The van der Waals surface area contributed by atoms with E-state index in [0.717, 1.165) is 0 Å². The van der Waals surface area contributed by atoms with E-state index < -0.39 is 6.04 Å². The molecule has 1 rings (SSSR count). The number of carbonyl (C=O) groups is 1. The number of hydrogen-bond acceptors (Lipinski definition) is 3. The third-order valence-corrected chi connectivity index (χ3v) is 1.93. The van der Waals surface area contributed by atoms with Crippen molar-refractivity contribution in [2.75, 3.05) is 5.32 Å². The molecule has 0 aliphatic heterocycles. The average molecular weight is 226 g/mol.